The van der Waals surface area contributed by atoms with Crippen LogP contribution in [0.1, 0.15) is 24.5 Å². The standard InChI is InChI=1S/C13H17NO/c1-2-14-13(15)12-8-7-10-5-3-4-6-11(10)9-12/h3-6,12H,2,7-9H2,1H3,(H,14,15). The van der Waals surface area contributed by atoms with Crippen LogP contribution in [0.4, 0.5) is 0 Å². The SMILES string of the molecule is CCNC(=O)C1CCc2ccccc2C1. The van der Waals surface area contributed by atoms with E-state index in [9.17, 15) is 4.79 Å². The van der Waals surface area contributed by atoms with Crippen LogP contribution in [0.3, 0.4) is 0 Å². The maximum absolute atomic E-state index is 11.7. The zero-order chi connectivity index (χ0) is 10.7. The van der Waals surface area contributed by atoms with Crippen molar-refractivity contribution in [3.8, 4) is 0 Å². The summed E-state index contributed by atoms with van der Waals surface area (Å²) in [6.45, 7) is 2.70. The van der Waals surface area contributed by atoms with Gasteiger partial charge >= 0.3 is 0 Å². The van der Waals surface area contributed by atoms with E-state index in [1.165, 1.54) is 11.1 Å². The molecule has 1 aromatic rings. The van der Waals surface area contributed by atoms with Gasteiger partial charge in [0.2, 0.25) is 5.91 Å². The van der Waals surface area contributed by atoms with Crippen molar-refractivity contribution >= 4 is 5.91 Å². The molecule has 1 N–H and O–H groups in total. The molecule has 0 aromatic heterocycles. The number of benzene rings is 1. The first-order valence-corrected chi connectivity index (χ1v) is 5.65. The van der Waals surface area contributed by atoms with Crippen molar-refractivity contribution in [3.63, 3.8) is 0 Å². The third-order valence-electron chi connectivity index (χ3n) is 3.07. The Morgan fingerprint density at radius 3 is 2.87 bits per heavy atom. The van der Waals surface area contributed by atoms with Crippen LogP contribution >= 0.6 is 0 Å². The molecule has 1 aromatic carbocycles. The first-order chi connectivity index (χ1) is 7.31. The van der Waals surface area contributed by atoms with Gasteiger partial charge in [-0.25, -0.2) is 0 Å². The van der Waals surface area contributed by atoms with E-state index in [4.69, 9.17) is 0 Å². The minimum absolute atomic E-state index is 0.180. The number of carbonyl (C=O) groups is 1. The second-order valence-corrected chi connectivity index (χ2v) is 4.10. The Bertz CT molecular complexity index is 359. The van der Waals surface area contributed by atoms with Gasteiger partial charge in [0.1, 0.15) is 0 Å². The van der Waals surface area contributed by atoms with E-state index < -0.39 is 0 Å². The van der Waals surface area contributed by atoms with Crippen LogP contribution in [-0.2, 0) is 17.6 Å². The number of rotatable bonds is 2. The average molecular weight is 203 g/mol. The molecule has 1 aliphatic rings. The Balaban J connectivity index is 2.08. The van der Waals surface area contributed by atoms with Gasteiger partial charge in [-0.2, -0.15) is 0 Å². The zero-order valence-corrected chi connectivity index (χ0v) is 9.12. The van der Waals surface area contributed by atoms with E-state index in [-0.39, 0.29) is 11.8 Å². The van der Waals surface area contributed by atoms with Gasteiger partial charge in [-0.15, -0.1) is 0 Å². The van der Waals surface area contributed by atoms with E-state index in [1.807, 2.05) is 6.92 Å². The lowest BCUT2D eigenvalue weighted by molar-refractivity contribution is -0.125. The second-order valence-electron chi connectivity index (χ2n) is 4.10. The van der Waals surface area contributed by atoms with Crippen molar-refractivity contribution in [1.82, 2.24) is 5.32 Å². The normalized spacial score (nSPS) is 19.4. The lowest BCUT2D eigenvalue weighted by Gasteiger charge is -2.23. The van der Waals surface area contributed by atoms with Crippen LogP contribution < -0.4 is 5.32 Å². The van der Waals surface area contributed by atoms with E-state index in [2.05, 4.69) is 29.6 Å². The summed E-state index contributed by atoms with van der Waals surface area (Å²) >= 11 is 0. The molecule has 0 radical (unpaired) electrons. The lowest BCUT2D eigenvalue weighted by atomic mass is 9.83. The Labute approximate surface area is 90.7 Å². The smallest absolute Gasteiger partial charge is 0.223 e. The lowest BCUT2D eigenvalue weighted by Crippen LogP contribution is -2.33. The van der Waals surface area contributed by atoms with E-state index in [1.54, 1.807) is 0 Å². The molecule has 80 valence electrons. The van der Waals surface area contributed by atoms with Gasteiger partial charge in [0.05, 0.1) is 0 Å². The summed E-state index contributed by atoms with van der Waals surface area (Å²) in [4.78, 5) is 11.7. The summed E-state index contributed by atoms with van der Waals surface area (Å²) in [5.74, 6) is 0.395. The molecular weight excluding hydrogens is 186 g/mol. The molecule has 0 heterocycles. The van der Waals surface area contributed by atoms with Crippen LogP contribution in [0.2, 0.25) is 0 Å². The van der Waals surface area contributed by atoms with Gasteiger partial charge in [-0.05, 0) is 37.3 Å². The highest BCUT2D eigenvalue weighted by Gasteiger charge is 2.23. The fraction of sp³-hybridized carbons (Fsp3) is 0.462. The maximum atomic E-state index is 11.7. The quantitative estimate of drug-likeness (QED) is 0.781. The van der Waals surface area contributed by atoms with Crippen LogP contribution in [-0.4, -0.2) is 12.5 Å². The van der Waals surface area contributed by atoms with Gasteiger partial charge < -0.3 is 5.32 Å². The second kappa shape index (κ2) is 4.47. The first-order valence-electron chi connectivity index (χ1n) is 5.65. The first kappa shape index (κ1) is 10.2. The molecule has 2 heteroatoms. The monoisotopic (exact) mass is 203 g/mol. The highest BCUT2D eigenvalue weighted by Crippen LogP contribution is 2.25. The van der Waals surface area contributed by atoms with Gasteiger partial charge in [0.15, 0.2) is 0 Å². The summed E-state index contributed by atoms with van der Waals surface area (Å²) in [5.41, 5.74) is 2.76. The Morgan fingerprint density at radius 1 is 1.40 bits per heavy atom. The third kappa shape index (κ3) is 2.20. The van der Waals surface area contributed by atoms with Crippen molar-refractivity contribution in [3.05, 3.63) is 35.4 Å². The summed E-state index contributed by atoms with van der Waals surface area (Å²) in [6.07, 6.45) is 2.93. The largest absolute Gasteiger partial charge is 0.356 e. The van der Waals surface area contributed by atoms with Crippen LogP contribution in [0.5, 0.6) is 0 Å². The number of amides is 1. The molecule has 0 spiro atoms. The molecule has 0 aliphatic heterocycles. The fourth-order valence-corrected chi connectivity index (χ4v) is 2.24. The molecule has 1 atom stereocenters. The van der Waals surface area contributed by atoms with Gasteiger partial charge in [-0.1, -0.05) is 24.3 Å². The summed E-state index contributed by atoms with van der Waals surface area (Å²) in [6, 6.07) is 8.44. The van der Waals surface area contributed by atoms with Gasteiger partial charge in [-0.3, -0.25) is 4.79 Å². The molecule has 1 amide bonds. The molecule has 0 saturated heterocycles. The summed E-state index contributed by atoms with van der Waals surface area (Å²) in [5, 5.41) is 2.91. The molecule has 0 saturated carbocycles. The van der Waals surface area contributed by atoms with Crippen molar-refractivity contribution in [2.24, 2.45) is 5.92 Å². The number of aryl methyl sites for hydroxylation is 1. The minimum Gasteiger partial charge on any atom is -0.356 e. The van der Waals surface area contributed by atoms with Crippen LogP contribution in [0, 0.1) is 5.92 Å². The van der Waals surface area contributed by atoms with Crippen LogP contribution in [0.15, 0.2) is 24.3 Å². The van der Waals surface area contributed by atoms with Gasteiger partial charge in [0, 0.05) is 12.5 Å². The molecule has 0 fully saturated rings. The van der Waals surface area contributed by atoms with E-state index >= 15 is 0 Å². The van der Waals surface area contributed by atoms with Crippen molar-refractivity contribution in [2.75, 3.05) is 6.54 Å². The molecule has 2 rings (SSSR count). The van der Waals surface area contributed by atoms with Crippen molar-refractivity contribution in [2.45, 2.75) is 26.2 Å². The minimum atomic E-state index is 0.180. The maximum Gasteiger partial charge on any atom is 0.223 e. The molecule has 1 unspecified atom stereocenters. The molecule has 15 heavy (non-hydrogen) atoms. The third-order valence-corrected chi connectivity index (χ3v) is 3.07. The van der Waals surface area contributed by atoms with Crippen LogP contribution in [0.25, 0.3) is 0 Å². The molecule has 2 nitrogen and oxygen atoms in total. The van der Waals surface area contributed by atoms with Crippen molar-refractivity contribution < 1.29 is 4.79 Å². The molecular formula is C13H17NO. The number of hydrogen-bond acceptors (Lipinski definition) is 1. The number of carbonyl (C=O) groups excluding carboxylic acids is 1. The number of hydrogen-bond donors (Lipinski definition) is 1. The fourth-order valence-electron chi connectivity index (χ4n) is 2.24. The van der Waals surface area contributed by atoms with E-state index in [0.717, 1.165) is 25.8 Å². The average Bonchev–Trinajstić information content (AvgIpc) is 2.29. The van der Waals surface area contributed by atoms with E-state index in [0.29, 0.717) is 0 Å². The Morgan fingerprint density at radius 2 is 2.13 bits per heavy atom. The molecule has 1 aliphatic carbocycles. The molecule has 0 bridgehead atoms. The summed E-state index contributed by atoms with van der Waals surface area (Å²) in [7, 11) is 0. The highest BCUT2D eigenvalue weighted by atomic mass is 16.1. The number of fused-ring (bicyclic) bond motifs is 1. The Kier molecular flexibility index (Phi) is 3.05. The van der Waals surface area contributed by atoms with Crippen molar-refractivity contribution in [1.29, 1.82) is 0 Å². The predicted octanol–water partition coefficient (Wildman–Crippen LogP) is 1.93. The summed E-state index contributed by atoms with van der Waals surface area (Å²) < 4.78 is 0. The Hall–Kier alpha value is -1.31. The number of nitrogens with one attached hydrogen (secondary N) is 1. The topological polar surface area (TPSA) is 29.1 Å². The highest BCUT2D eigenvalue weighted by molar-refractivity contribution is 5.79. The van der Waals surface area contributed by atoms with Gasteiger partial charge in [0.25, 0.3) is 0 Å². The zero-order valence-electron chi connectivity index (χ0n) is 9.12. The predicted molar refractivity (Wildman–Crippen MR) is 60.6 cm³/mol.